The molecule has 1 aliphatic carbocycles. The highest BCUT2D eigenvalue weighted by atomic mass is 19.1. The number of aromatic nitrogens is 2. The number of anilines is 1. The quantitative estimate of drug-likeness (QED) is 0.222. The highest BCUT2D eigenvalue weighted by Gasteiger charge is 2.50. The number of hydrogen-bond donors (Lipinski definition) is 2. The van der Waals surface area contributed by atoms with Crippen molar-refractivity contribution in [3.63, 3.8) is 0 Å². The van der Waals surface area contributed by atoms with Gasteiger partial charge in [0.15, 0.2) is 5.82 Å². The minimum absolute atomic E-state index is 0.0520. The summed E-state index contributed by atoms with van der Waals surface area (Å²) in [6.07, 6.45) is 15.7. The number of piperidine rings is 1. The molecule has 0 spiro atoms. The zero-order valence-electron chi connectivity index (χ0n) is 27.0. The van der Waals surface area contributed by atoms with Crippen LogP contribution in [0.3, 0.4) is 0 Å². The van der Waals surface area contributed by atoms with E-state index in [2.05, 4.69) is 28.0 Å². The van der Waals surface area contributed by atoms with Gasteiger partial charge in [-0.2, -0.15) is 9.97 Å². The van der Waals surface area contributed by atoms with Crippen molar-refractivity contribution in [2.45, 2.75) is 82.5 Å². The summed E-state index contributed by atoms with van der Waals surface area (Å²) < 4.78 is 23.4. The second-order valence-electron chi connectivity index (χ2n) is 15.2. The van der Waals surface area contributed by atoms with Crippen molar-refractivity contribution >= 4 is 27.5 Å². The van der Waals surface area contributed by atoms with Gasteiger partial charge in [-0.25, -0.2) is 4.39 Å². The first-order valence-corrected chi connectivity index (χ1v) is 17.5. The highest BCUT2D eigenvalue weighted by Crippen LogP contribution is 2.50. The molecular formula is C39H42FN5O2. The number of terminal acetylenes is 1. The molecule has 7 nitrogen and oxygen atoms in total. The molecule has 9 rings (SSSR count). The summed E-state index contributed by atoms with van der Waals surface area (Å²) in [5.41, 5.74) is 1.87. The van der Waals surface area contributed by atoms with E-state index in [9.17, 15) is 5.11 Å². The first-order chi connectivity index (χ1) is 22.9. The number of aromatic hydroxyl groups is 1. The summed E-state index contributed by atoms with van der Waals surface area (Å²) in [5, 5.41) is 16.5. The number of phenols is 1. The topological polar surface area (TPSA) is 73.8 Å². The number of halogens is 1. The van der Waals surface area contributed by atoms with Gasteiger partial charge in [-0.05, 0) is 92.5 Å². The minimum Gasteiger partial charge on any atom is -0.508 e. The predicted octanol–water partition coefficient (Wildman–Crippen LogP) is 6.64. The Morgan fingerprint density at radius 1 is 1.02 bits per heavy atom. The number of ether oxygens (including phenoxy) is 1. The molecule has 4 saturated heterocycles. The molecule has 3 aromatic carbocycles. The zero-order valence-corrected chi connectivity index (χ0v) is 27.0. The lowest BCUT2D eigenvalue weighted by Crippen LogP contribution is -2.51. The molecule has 0 amide bonds. The van der Waals surface area contributed by atoms with Crippen LogP contribution in [-0.2, 0) is 0 Å². The Morgan fingerprint density at radius 2 is 1.79 bits per heavy atom. The fourth-order valence-corrected chi connectivity index (χ4v) is 9.29. The maximum Gasteiger partial charge on any atom is 0.319 e. The van der Waals surface area contributed by atoms with E-state index < -0.39 is 5.82 Å². The number of phenolic OH excluding ortho intramolecular Hbond substituents is 1. The highest BCUT2D eigenvalue weighted by molar-refractivity contribution is 6.04. The van der Waals surface area contributed by atoms with Crippen LogP contribution >= 0.6 is 0 Å². The van der Waals surface area contributed by atoms with Gasteiger partial charge in [0.1, 0.15) is 17.1 Å². The van der Waals surface area contributed by atoms with Crippen molar-refractivity contribution in [3.8, 4) is 35.2 Å². The van der Waals surface area contributed by atoms with Crippen LogP contribution in [0.1, 0.15) is 63.9 Å². The maximum absolute atomic E-state index is 16.9. The van der Waals surface area contributed by atoms with Gasteiger partial charge in [-0.3, -0.25) is 4.90 Å². The standard InChI is InChI=1S/C39H42FN5O2/c1-3-24-5-4-6-25-17-30(46)18-33(34(24)25)31-11-12-32-36(35(31)40)42-38(43-37(32)44-19-26-7-8-27(20-44)41-26)47-22-39(13-14-39)21-45-28-9-10-29(45)16-23(2)15-28/h1,4-6,11-12,17-18,23,26-29,41,46H,7-10,13-16,19-22H2,2H3. The number of nitrogens with zero attached hydrogens (tertiary/aromatic N) is 4. The molecule has 4 unspecified atom stereocenters. The Hall–Kier alpha value is -3.93. The van der Waals surface area contributed by atoms with Gasteiger partial charge in [0, 0.05) is 71.1 Å². The van der Waals surface area contributed by atoms with Gasteiger partial charge >= 0.3 is 6.01 Å². The second-order valence-corrected chi connectivity index (χ2v) is 15.2. The molecule has 1 aromatic heterocycles. The summed E-state index contributed by atoms with van der Waals surface area (Å²) in [4.78, 5) is 14.8. The minimum atomic E-state index is -0.465. The summed E-state index contributed by atoms with van der Waals surface area (Å²) >= 11 is 0. The largest absolute Gasteiger partial charge is 0.508 e. The van der Waals surface area contributed by atoms with Gasteiger partial charge in [-0.1, -0.05) is 31.0 Å². The van der Waals surface area contributed by atoms with Crippen molar-refractivity contribution in [2.75, 3.05) is 31.1 Å². The Kier molecular flexibility index (Phi) is 6.88. The van der Waals surface area contributed by atoms with Crippen LogP contribution in [0.5, 0.6) is 11.8 Å². The molecule has 5 aliphatic rings. The molecule has 5 heterocycles. The van der Waals surface area contributed by atoms with Crippen molar-refractivity contribution in [2.24, 2.45) is 11.3 Å². The van der Waals surface area contributed by atoms with Crippen LogP contribution in [0.2, 0.25) is 0 Å². The summed E-state index contributed by atoms with van der Waals surface area (Å²) in [6, 6.07) is 14.9. The van der Waals surface area contributed by atoms with E-state index in [4.69, 9.17) is 21.1 Å². The lowest BCUT2D eigenvalue weighted by atomic mass is 9.91. The van der Waals surface area contributed by atoms with E-state index in [-0.39, 0.29) is 22.7 Å². The number of fused-ring (bicyclic) bond motifs is 6. The fourth-order valence-electron chi connectivity index (χ4n) is 9.29. The molecule has 0 radical (unpaired) electrons. The molecule has 8 heteroatoms. The average Bonchev–Trinajstić information content (AvgIpc) is 3.70. The zero-order chi connectivity index (χ0) is 31.9. The third kappa shape index (κ3) is 5.10. The lowest BCUT2D eigenvalue weighted by Gasteiger charge is -2.40. The number of piperazine rings is 1. The summed E-state index contributed by atoms with van der Waals surface area (Å²) in [7, 11) is 0. The first-order valence-electron chi connectivity index (χ1n) is 17.5. The first kappa shape index (κ1) is 29.2. The Morgan fingerprint density at radius 3 is 2.51 bits per heavy atom. The Balaban J connectivity index is 1.10. The summed E-state index contributed by atoms with van der Waals surface area (Å²) in [5.74, 6) is 3.87. The third-order valence-electron chi connectivity index (χ3n) is 11.8. The second kappa shape index (κ2) is 11.1. The smallest absolute Gasteiger partial charge is 0.319 e. The van der Waals surface area contributed by atoms with Crippen molar-refractivity contribution in [1.29, 1.82) is 0 Å². The molecule has 4 aromatic rings. The number of benzene rings is 3. The van der Waals surface area contributed by atoms with Gasteiger partial charge < -0.3 is 20.1 Å². The predicted molar refractivity (Wildman–Crippen MR) is 183 cm³/mol. The van der Waals surface area contributed by atoms with Crippen LogP contribution in [0.25, 0.3) is 32.8 Å². The molecule has 242 valence electrons. The van der Waals surface area contributed by atoms with Gasteiger partial charge in [0.25, 0.3) is 0 Å². The summed E-state index contributed by atoms with van der Waals surface area (Å²) in [6.45, 7) is 5.64. The molecular weight excluding hydrogens is 589 g/mol. The number of hydrogen-bond acceptors (Lipinski definition) is 7. The van der Waals surface area contributed by atoms with E-state index in [0.29, 0.717) is 52.9 Å². The van der Waals surface area contributed by atoms with E-state index in [1.54, 1.807) is 18.2 Å². The van der Waals surface area contributed by atoms with Crippen molar-refractivity contribution in [3.05, 3.63) is 53.8 Å². The van der Waals surface area contributed by atoms with E-state index >= 15 is 4.39 Å². The van der Waals surface area contributed by atoms with Crippen LogP contribution in [-0.4, -0.2) is 70.4 Å². The average molecular weight is 632 g/mol. The normalized spacial score (nSPS) is 27.8. The van der Waals surface area contributed by atoms with E-state index in [0.717, 1.165) is 67.8 Å². The van der Waals surface area contributed by atoms with Crippen LogP contribution in [0, 0.1) is 29.5 Å². The molecule has 1 saturated carbocycles. The SMILES string of the molecule is C#Cc1cccc2cc(O)cc(-c3ccc4c(N5CC6CCC(C5)N6)nc(OCC5(CN6C7CCC6CC(C)C7)CC5)nc4c3F)c12. The van der Waals surface area contributed by atoms with E-state index in [1.807, 2.05) is 24.3 Å². The number of nitrogens with one attached hydrogen (secondary N) is 1. The molecule has 2 N–H and O–H groups in total. The molecule has 4 bridgehead atoms. The molecule has 5 fully saturated rings. The van der Waals surface area contributed by atoms with Crippen molar-refractivity contribution < 1.29 is 14.2 Å². The third-order valence-corrected chi connectivity index (χ3v) is 11.8. The van der Waals surface area contributed by atoms with Crippen molar-refractivity contribution in [1.82, 2.24) is 20.2 Å². The van der Waals surface area contributed by atoms with Crippen LogP contribution in [0.4, 0.5) is 10.2 Å². The fraction of sp³-hybridized carbons (Fsp3) is 0.487. The Bertz CT molecular complexity index is 1910. The lowest BCUT2D eigenvalue weighted by molar-refractivity contribution is 0.0693. The Labute approximate surface area is 275 Å². The monoisotopic (exact) mass is 631 g/mol. The van der Waals surface area contributed by atoms with Gasteiger partial charge in [0.05, 0.1) is 6.61 Å². The van der Waals surface area contributed by atoms with Crippen LogP contribution < -0.4 is 15.0 Å². The number of rotatable bonds is 7. The maximum atomic E-state index is 16.9. The van der Waals surface area contributed by atoms with Gasteiger partial charge in [-0.15, -0.1) is 6.42 Å². The van der Waals surface area contributed by atoms with Crippen LogP contribution in [0.15, 0.2) is 42.5 Å². The molecule has 4 aliphatic heterocycles. The molecule has 47 heavy (non-hydrogen) atoms. The van der Waals surface area contributed by atoms with E-state index in [1.165, 1.54) is 25.7 Å². The van der Waals surface area contributed by atoms with Gasteiger partial charge in [0.2, 0.25) is 0 Å². The molecule has 4 atom stereocenters.